The molecule has 2 rings (SSSR count). The van der Waals surface area contributed by atoms with Crippen LogP contribution in [0.25, 0.3) is 0 Å². The summed E-state index contributed by atoms with van der Waals surface area (Å²) in [5.74, 6) is 2.04. The zero-order valence-electron chi connectivity index (χ0n) is 12.4. The molecule has 0 aliphatic carbocycles. The van der Waals surface area contributed by atoms with E-state index in [0.717, 1.165) is 36.3 Å². The molecule has 1 aliphatic rings. The number of rotatable bonds is 5. The normalized spacial score (nSPS) is 19.7. The highest BCUT2D eigenvalue weighted by Gasteiger charge is 2.12. The standard InChI is InChI=1S/C15H26N4/c1-11(2)14-9-12(3)18-15(19-14)17-8-6-13-5-4-7-16-10-13/h9,11,13,16H,4-8,10H2,1-3H3,(H,17,18,19). The molecule has 1 aromatic rings. The Kier molecular flexibility index (Phi) is 5.14. The number of piperidine rings is 1. The minimum atomic E-state index is 0.449. The van der Waals surface area contributed by atoms with Crippen molar-refractivity contribution in [2.75, 3.05) is 25.0 Å². The molecule has 0 radical (unpaired) electrons. The minimum Gasteiger partial charge on any atom is -0.354 e. The predicted octanol–water partition coefficient (Wildman–Crippen LogP) is 2.71. The molecule has 0 spiro atoms. The van der Waals surface area contributed by atoms with E-state index < -0.39 is 0 Å². The molecular formula is C15H26N4. The van der Waals surface area contributed by atoms with Crippen molar-refractivity contribution in [3.8, 4) is 0 Å². The molecule has 4 nitrogen and oxygen atoms in total. The Morgan fingerprint density at radius 2 is 2.26 bits per heavy atom. The molecule has 0 aromatic carbocycles. The Hall–Kier alpha value is -1.16. The summed E-state index contributed by atoms with van der Waals surface area (Å²) in [5.41, 5.74) is 2.16. The Morgan fingerprint density at radius 3 is 2.95 bits per heavy atom. The van der Waals surface area contributed by atoms with Gasteiger partial charge in [0.15, 0.2) is 0 Å². The molecule has 19 heavy (non-hydrogen) atoms. The summed E-state index contributed by atoms with van der Waals surface area (Å²) in [4.78, 5) is 9.04. The molecule has 1 atom stereocenters. The highest BCUT2D eigenvalue weighted by molar-refractivity contribution is 5.28. The Bertz CT molecular complexity index is 397. The van der Waals surface area contributed by atoms with Crippen LogP contribution >= 0.6 is 0 Å². The molecule has 2 N–H and O–H groups in total. The van der Waals surface area contributed by atoms with Crippen LogP contribution in [-0.4, -0.2) is 29.6 Å². The second kappa shape index (κ2) is 6.85. The van der Waals surface area contributed by atoms with Crippen LogP contribution in [-0.2, 0) is 0 Å². The van der Waals surface area contributed by atoms with Crippen molar-refractivity contribution >= 4 is 5.95 Å². The maximum absolute atomic E-state index is 4.58. The van der Waals surface area contributed by atoms with Crippen LogP contribution in [0.4, 0.5) is 5.95 Å². The van der Waals surface area contributed by atoms with Crippen LogP contribution in [0.1, 0.15) is 50.4 Å². The Labute approximate surface area is 116 Å². The smallest absolute Gasteiger partial charge is 0.223 e. The third-order valence-corrected chi connectivity index (χ3v) is 3.70. The van der Waals surface area contributed by atoms with Crippen LogP contribution in [0, 0.1) is 12.8 Å². The molecule has 4 heteroatoms. The van der Waals surface area contributed by atoms with E-state index in [1.54, 1.807) is 0 Å². The molecule has 1 saturated heterocycles. The largest absolute Gasteiger partial charge is 0.354 e. The van der Waals surface area contributed by atoms with Gasteiger partial charge in [-0.15, -0.1) is 0 Å². The summed E-state index contributed by atoms with van der Waals surface area (Å²) in [6, 6.07) is 2.07. The molecule has 0 amide bonds. The van der Waals surface area contributed by atoms with Gasteiger partial charge in [-0.3, -0.25) is 0 Å². The lowest BCUT2D eigenvalue weighted by Crippen LogP contribution is -2.30. The molecular weight excluding hydrogens is 236 g/mol. The number of nitrogens with one attached hydrogen (secondary N) is 2. The van der Waals surface area contributed by atoms with Gasteiger partial charge in [0.25, 0.3) is 0 Å². The number of hydrogen-bond acceptors (Lipinski definition) is 4. The lowest BCUT2D eigenvalue weighted by molar-refractivity contribution is 0.364. The van der Waals surface area contributed by atoms with Crippen molar-refractivity contribution in [3.63, 3.8) is 0 Å². The van der Waals surface area contributed by atoms with E-state index in [0.29, 0.717) is 5.92 Å². The SMILES string of the molecule is Cc1cc(C(C)C)nc(NCCC2CCCNC2)n1. The summed E-state index contributed by atoms with van der Waals surface area (Å²) in [6.45, 7) is 9.67. The zero-order chi connectivity index (χ0) is 13.7. The van der Waals surface area contributed by atoms with Crippen LogP contribution in [0.2, 0.25) is 0 Å². The number of hydrogen-bond donors (Lipinski definition) is 2. The predicted molar refractivity (Wildman–Crippen MR) is 79.6 cm³/mol. The van der Waals surface area contributed by atoms with Crippen LogP contribution in [0.5, 0.6) is 0 Å². The first-order valence-corrected chi connectivity index (χ1v) is 7.45. The van der Waals surface area contributed by atoms with Gasteiger partial charge in [-0.2, -0.15) is 0 Å². The highest BCUT2D eigenvalue weighted by atomic mass is 15.1. The van der Waals surface area contributed by atoms with Gasteiger partial charge in [-0.25, -0.2) is 9.97 Å². The van der Waals surface area contributed by atoms with E-state index in [4.69, 9.17) is 0 Å². The lowest BCUT2D eigenvalue weighted by atomic mass is 9.96. The highest BCUT2D eigenvalue weighted by Crippen LogP contribution is 2.16. The van der Waals surface area contributed by atoms with E-state index >= 15 is 0 Å². The molecule has 1 unspecified atom stereocenters. The summed E-state index contributed by atoms with van der Waals surface area (Å²) in [6.07, 6.45) is 3.85. The van der Waals surface area contributed by atoms with Gasteiger partial charge in [0.05, 0.1) is 0 Å². The fraction of sp³-hybridized carbons (Fsp3) is 0.733. The molecule has 0 bridgehead atoms. The first kappa shape index (κ1) is 14.3. The summed E-state index contributed by atoms with van der Waals surface area (Å²) < 4.78 is 0. The van der Waals surface area contributed by atoms with E-state index in [-0.39, 0.29) is 0 Å². The molecule has 2 heterocycles. The second-order valence-corrected chi connectivity index (χ2v) is 5.84. The fourth-order valence-electron chi connectivity index (χ4n) is 2.53. The number of anilines is 1. The van der Waals surface area contributed by atoms with Crippen LogP contribution in [0.15, 0.2) is 6.07 Å². The summed E-state index contributed by atoms with van der Waals surface area (Å²) in [7, 11) is 0. The van der Waals surface area contributed by atoms with Gasteiger partial charge in [0.1, 0.15) is 0 Å². The van der Waals surface area contributed by atoms with Gasteiger partial charge in [0, 0.05) is 17.9 Å². The number of aromatic nitrogens is 2. The Morgan fingerprint density at radius 1 is 1.42 bits per heavy atom. The maximum Gasteiger partial charge on any atom is 0.223 e. The van der Waals surface area contributed by atoms with Crippen LogP contribution < -0.4 is 10.6 Å². The van der Waals surface area contributed by atoms with Gasteiger partial charge in [-0.1, -0.05) is 13.8 Å². The van der Waals surface area contributed by atoms with Crippen molar-refractivity contribution in [2.24, 2.45) is 5.92 Å². The molecule has 0 saturated carbocycles. The fourth-order valence-corrected chi connectivity index (χ4v) is 2.53. The van der Waals surface area contributed by atoms with Crippen molar-refractivity contribution < 1.29 is 0 Å². The van der Waals surface area contributed by atoms with Gasteiger partial charge < -0.3 is 10.6 Å². The molecule has 1 fully saturated rings. The third kappa shape index (κ3) is 4.46. The summed E-state index contributed by atoms with van der Waals surface area (Å²) >= 11 is 0. The van der Waals surface area contributed by atoms with Crippen LogP contribution in [0.3, 0.4) is 0 Å². The zero-order valence-corrected chi connectivity index (χ0v) is 12.4. The summed E-state index contributed by atoms with van der Waals surface area (Å²) in [5, 5.41) is 6.84. The quantitative estimate of drug-likeness (QED) is 0.856. The monoisotopic (exact) mass is 262 g/mol. The average molecular weight is 262 g/mol. The first-order chi connectivity index (χ1) is 9.15. The third-order valence-electron chi connectivity index (χ3n) is 3.70. The minimum absolute atomic E-state index is 0.449. The molecule has 1 aliphatic heterocycles. The topological polar surface area (TPSA) is 49.8 Å². The van der Waals surface area contributed by atoms with Crippen molar-refractivity contribution in [2.45, 2.75) is 46.0 Å². The van der Waals surface area contributed by atoms with E-state index in [1.807, 2.05) is 6.92 Å². The van der Waals surface area contributed by atoms with Crippen molar-refractivity contribution in [1.82, 2.24) is 15.3 Å². The molecule has 106 valence electrons. The molecule has 1 aromatic heterocycles. The van der Waals surface area contributed by atoms with Crippen molar-refractivity contribution in [3.05, 3.63) is 17.5 Å². The van der Waals surface area contributed by atoms with Gasteiger partial charge >= 0.3 is 0 Å². The number of nitrogens with zero attached hydrogens (tertiary/aromatic N) is 2. The average Bonchev–Trinajstić information content (AvgIpc) is 2.39. The first-order valence-electron chi connectivity index (χ1n) is 7.45. The van der Waals surface area contributed by atoms with Gasteiger partial charge in [-0.05, 0) is 57.2 Å². The second-order valence-electron chi connectivity index (χ2n) is 5.84. The van der Waals surface area contributed by atoms with Crippen molar-refractivity contribution in [1.29, 1.82) is 0 Å². The number of aryl methyl sites for hydroxylation is 1. The van der Waals surface area contributed by atoms with Gasteiger partial charge in [0.2, 0.25) is 5.95 Å². The maximum atomic E-state index is 4.58. The lowest BCUT2D eigenvalue weighted by Gasteiger charge is -2.22. The van der Waals surface area contributed by atoms with E-state index in [9.17, 15) is 0 Å². The van der Waals surface area contributed by atoms with E-state index in [2.05, 4.69) is 40.5 Å². The Balaban J connectivity index is 1.84. The van der Waals surface area contributed by atoms with E-state index in [1.165, 1.54) is 25.8 Å².